The minimum Gasteiger partial charge on any atom is -0.504 e. The van der Waals surface area contributed by atoms with Gasteiger partial charge in [0.25, 0.3) is 0 Å². The summed E-state index contributed by atoms with van der Waals surface area (Å²) in [6.07, 6.45) is 7.36. The second kappa shape index (κ2) is 7.21. The third kappa shape index (κ3) is 2.73. The van der Waals surface area contributed by atoms with Gasteiger partial charge in [-0.1, -0.05) is 33.8 Å². The van der Waals surface area contributed by atoms with Gasteiger partial charge in [-0.3, -0.25) is 0 Å². The van der Waals surface area contributed by atoms with Gasteiger partial charge >= 0.3 is 0 Å². The summed E-state index contributed by atoms with van der Waals surface area (Å²) in [4.78, 5) is 0. The molecule has 6 aliphatic rings. The van der Waals surface area contributed by atoms with E-state index in [0.29, 0.717) is 11.8 Å². The first-order valence-corrected chi connectivity index (χ1v) is 14.3. The third-order valence-electron chi connectivity index (χ3n) is 12.3. The van der Waals surface area contributed by atoms with Crippen LogP contribution in [0.2, 0.25) is 0 Å². The van der Waals surface area contributed by atoms with Gasteiger partial charge < -0.3 is 24.2 Å². The van der Waals surface area contributed by atoms with E-state index in [1.807, 2.05) is 20.1 Å². The summed E-state index contributed by atoms with van der Waals surface area (Å²) < 4.78 is 14.6. The zero-order valence-electron chi connectivity index (χ0n) is 23.8. The van der Waals surface area contributed by atoms with Crippen molar-refractivity contribution >= 4 is 0 Å². The van der Waals surface area contributed by atoms with Crippen LogP contribution in [-0.2, 0) is 16.6 Å². The van der Waals surface area contributed by atoms with Crippen LogP contribution in [0.1, 0.15) is 84.3 Å². The fraction of sp³-hybridized carbons (Fsp3) is 0.806. The second-order valence-electron chi connectivity index (χ2n) is 14.9. The standard InChI is InChI=1S/C31H47NO4/c1-9-30-24-20-12-13-21(33)25(24)36-26(30)31(35-8)15-14-29(30,17-22(31)28(5,34)27(2,3)4)23(16-20)32(6,7)18-19-10-11-19/h12-13,19,22-23,26,34H,9-11,14-18H2,1-8H3/p+1/t22-,23-,26-,28?,29-,30+,31+/m1/s1. The fourth-order valence-corrected chi connectivity index (χ4v) is 9.99. The third-order valence-corrected chi connectivity index (χ3v) is 12.3. The molecule has 36 heavy (non-hydrogen) atoms. The molecule has 7 atom stereocenters. The monoisotopic (exact) mass is 498 g/mol. The zero-order chi connectivity index (χ0) is 26.1. The first-order chi connectivity index (χ1) is 16.7. The molecule has 0 aromatic heterocycles. The molecule has 5 aliphatic carbocycles. The van der Waals surface area contributed by atoms with Crippen LogP contribution in [0.15, 0.2) is 12.1 Å². The van der Waals surface area contributed by atoms with E-state index in [4.69, 9.17) is 9.47 Å². The summed E-state index contributed by atoms with van der Waals surface area (Å²) in [6, 6.07) is 4.44. The number of quaternary nitrogens is 1. The normalized spacial score (nSPS) is 40.5. The predicted molar refractivity (Wildman–Crippen MR) is 141 cm³/mol. The van der Waals surface area contributed by atoms with Gasteiger partial charge in [-0.2, -0.15) is 0 Å². The number of fused-ring (bicyclic) bond motifs is 2. The minimum absolute atomic E-state index is 0.0307. The van der Waals surface area contributed by atoms with Crippen molar-refractivity contribution < 1.29 is 24.2 Å². The SMILES string of the molecule is CC[C@]12c3c4ccc(O)c3O[C@H]1[C@]1(OC)CC[C@@]2(C[C@@H]1C(C)(O)C(C)(C)C)[C@H]([N+](C)(C)CC1CC1)C4. The number of aliphatic hydroxyl groups is 1. The number of hydrogen-bond donors (Lipinski definition) is 2. The lowest BCUT2D eigenvalue weighted by Gasteiger charge is -2.73. The highest BCUT2D eigenvalue weighted by Gasteiger charge is 2.82. The van der Waals surface area contributed by atoms with Crippen molar-refractivity contribution in [3.8, 4) is 11.5 Å². The molecule has 4 fully saturated rings. The van der Waals surface area contributed by atoms with E-state index in [9.17, 15) is 10.2 Å². The van der Waals surface area contributed by atoms with E-state index in [1.54, 1.807) is 0 Å². The van der Waals surface area contributed by atoms with E-state index < -0.39 is 11.2 Å². The van der Waals surface area contributed by atoms with Crippen molar-refractivity contribution in [2.24, 2.45) is 22.7 Å². The number of hydrogen-bond acceptors (Lipinski definition) is 4. The molecule has 7 rings (SSSR count). The van der Waals surface area contributed by atoms with Gasteiger partial charge in [-0.15, -0.1) is 0 Å². The Bertz CT molecular complexity index is 1080. The Morgan fingerprint density at radius 2 is 1.83 bits per heavy atom. The molecule has 2 bridgehead atoms. The molecule has 5 heteroatoms. The molecule has 200 valence electrons. The Labute approximate surface area is 217 Å². The topological polar surface area (TPSA) is 58.9 Å². The average molecular weight is 499 g/mol. The summed E-state index contributed by atoms with van der Waals surface area (Å²) in [5.74, 6) is 1.71. The maximum absolute atomic E-state index is 12.3. The van der Waals surface area contributed by atoms with Gasteiger partial charge in [0, 0.05) is 36.3 Å². The molecule has 0 amide bonds. The summed E-state index contributed by atoms with van der Waals surface area (Å²) in [5, 5.41) is 23.4. The van der Waals surface area contributed by atoms with E-state index in [-0.39, 0.29) is 34.0 Å². The summed E-state index contributed by atoms with van der Waals surface area (Å²) in [7, 11) is 6.75. The summed E-state index contributed by atoms with van der Waals surface area (Å²) >= 11 is 0. The Balaban J connectivity index is 1.63. The number of methoxy groups -OCH3 is 1. The number of ether oxygens (including phenoxy) is 2. The van der Waals surface area contributed by atoms with Crippen LogP contribution in [0, 0.1) is 22.7 Å². The molecule has 1 unspecified atom stereocenters. The van der Waals surface area contributed by atoms with Gasteiger partial charge in [0.15, 0.2) is 11.5 Å². The minimum atomic E-state index is -0.936. The molecule has 1 spiro atoms. The molecule has 0 saturated heterocycles. The molecule has 1 aromatic rings. The van der Waals surface area contributed by atoms with Crippen LogP contribution >= 0.6 is 0 Å². The van der Waals surface area contributed by atoms with Crippen molar-refractivity contribution in [1.29, 1.82) is 0 Å². The Kier molecular flexibility index (Phi) is 5.01. The maximum Gasteiger partial charge on any atom is 0.165 e. The number of rotatable bonds is 6. The number of likely N-dealkylation sites (N-methyl/N-ethyl adjacent to an activating group) is 1. The van der Waals surface area contributed by atoms with Crippen molar-refractivity contribution in [3.05, 3.63) is 23.3 Å². The first-order valence-electron chi connectivity index (χ1n) is 14.3. The fourth-order valence-electron chi connectivity index (χ4n) is 9.99. The van der Waals surface area contributed by atoms with E-state index >= 15 is 0 Å². The van der Waals surface area contributed by atoms with Crippen LogP contribution in [-0.4, -0.2) is 65.8 Å². The van der Waals surface area contributed by atoms with Gasteiger partial charge in [0.1, 0.15) is 11.7 Å². The van der Waals surface area contributed by atoms with Crippen molar-refractivity contribution in [1.82, 2.24) is 0 Å². The van der Waals surface area contributed by atoms with Crippen LogP contribution in [0.5, 0.6) is 11.5 Å². The quantitative estimate of drug-likeness (QED) is 0.530. The predicted octanol–water partition coefficient (Wildman–Crippen LogP) is 5.19. The van der Waals surface area contributed by atoms with Gasteiger partial charge in [0.2, 0.25) is 0 Å². The summed E-state index contributed by atoms with van der Waals surface area (Å²) in [6.45, 7) is 12.0. The van der Waals surface area contributed by atoms with Gasteiger partial charge in [0.05, 0.1) is 37.7 Å². The highest BCUT2D eigenvalue weighted by Crippen LogP contribution is 2.77. The van der Waals surface area contributed by atoms with E-state index in [0.717, 1.165) is 42.5 Å². The molecule has 1 aromatic carbocycles. The molecule has 1 aliphatic heterocycles. The number of phenols is 1. The van der Waals surface area contributed by atoms with Crippen LogP contribution in [0.25, 0.3) is 0 Å². The molecule has 4 saturated carbocycles. The van der Waals surface area contributed by atoms with Crippen LogP contribution in [0.4, 0.5) is 0 Å². The van der Waals surface area contributed by atoms with Gasteiger partial charge in [-0.05, 0) is 62.5 Å². The number of phenolic OH excluding ortho intramolecular Hbond substituents is 1. The average Bonchev–Trinajstić information content (AvgIpc) is 3.53. The lowest BCUT2D eigenvalue weighted by molar-refractivity contribution is -0.926. The largest absolute Gasteiger partial charge is 0.504 e. The zero-order valence-corrected chi connectivity index (χ0v) is 23.8. The van der Waals surface area contributed by atoms with Gasteiger partial charge in [-0.25, -0.2) is 0 Å². The van der Waals surface area contributed by atoms with Crippen LogP contribution in [0.3, 0.4) is 0 Å². The lowest BCUT2D eigenvalue weighted by atomic mass is 9.34. The van der Waals surface area contributed by atoms with Crippen molar-refractivity contribution in [3.63, 3.8) is 0 Å². The second-order valence-corrected chi connectivity index (χ2v) is 14.9. The van der Waals surface area contributed by atoms with Crippen molar-refractivity contribution in [2.75, 3.05) is 27.7 Å². The molecule has 1 heterocycles. The molecular formula is C31H48NO4+. The van der Waals surface area contributed by atoms with Crippen LogP contribution < -0.4 is 4.74 Å². The number of benzene rings is 1. The maximum atomic E-state index is 12.3. The Morgan fingerprint density at radius 1 is 1.14 bits per heavy atom. The lowest BCUT2D eigenvalue weighted by Crippen LogP contribution is -2.82. The molecule has 2 N–H and O–H groups in total. The molecule has 0 radical (unpaired) electrons. The first kappa shape index (κ1) is 25.0. The number of aromatic hydroxyl groups is 1. The van der Waals surface area contributed by atoms with E-state index in [2.05, 4.69) is 47.9 Å². The molecular weight excluding hydrogens is 450 g/mol. The highest BCUT2D eigenvalue weighted by molar-refractivity contribution is 5.62. The number of nitrogens with zero attached hydrogens (tertiary/aromatic N) is 1. The highest BCUT2D eigenvalue weighted by atomic mass is 16.6. The molecule has 5 nitrogen and oxygen atoms in total. The Morgan fingerprint density at radius 3 is 2.42 bits per heavy atom. The van der Waals surface area contributed by atoms with E-state index in [1.165, 1.54) is 30.5 Å². The van der Waals surface area contributed by atoms with Crippen molar-refractivity contribution in [2.45, 2.75) is 108 Å². The summed E-state index contributed by atoms with van der Waals surface area (Å²) in [5.41, 5.74) is 0.499. The Hall–Kier alpha value is -1.30. The smallest absolute Gasteiger partial charge is 0.165 e.